The highest BCUT2D eigenvalue weighted by Crippen LogP contribution is 2.39. The standard InChI is InChI=1S/C20H22BrN3O/c21-17-9-4-8-16(12-17)20(15-6-2-1-3-7-15)14-24(19(22)23-20)13-18-10-5-11-25-18/h1-4,6-9,12,18H,5,10-11,13-14H2,(H2,22,23). The summed E-state index contributed by atoms with van der Waals surface area (Å²) in [5, 5.41) is 0. The number of halogens is 1. The highest BCUT2D eigenvalue weighted by atomic mass is 79.9. The minimum atomic E-state index is -0.478. The fourth-order valence-electron chi connectivity index (χ4n) is 3.79. The van der Waals surface area contributed by atoms with E-state index in [2.05, 4.69) is 63.3 Å². The van der Waals surface area contributed by atoms with Crippen molar-refractivity contribution in [2.75, 3.05) is 19.7 Å². The van der Waals surface area contributed by atoms with Gasteiger partial charge in [-0.15, -0.1) is 0 Å². The maximum atomic E-state index is 6.35. The summed E-state index contributed by atoms with van der Waals surface area (Å²) in [4.78, 5) is 7.14. The second kappa shape index (κ2) is 6.81. The Morgan fingerprint density at radius 1 is 1.16 bits per heavy atom. The lowest BCUT2D eigenvalue weighted by Gasteiger charge is -2.30. The smallest absolute Gasteiger partial charge is 0.192 e. The molecule has 2 heterocycles. The van der Waals surface area contributed by atoms with Crippen LogP contribution in [0.4, 0.5) is 0 Å². The largest absolute Gasteiger partial charge is 0.376 e. The monoisotopic (exact) mass is 399 g/mol. The van der Waals surface area contributed by atoms with Crippen LogP contribution in [-0.4, -0.2) is 36.7 Å². The van der Waals surface area contributed by atoms with Gasteiger partial charge in [0.05, 0.1) is 12.6 Å². The van der Waals surface area contributed by atoms with Gasteiger partial charge in [-0.2, -0.15) is 0 Å². The van der Waals surface area contributed by atoms with Crippen LogP contribution in [0.5, 0.6) is 0 Å². The van der Waals surface area contributed by atoms with Crippen LogP contribution in [0.25, 0.3) is 0 Å². The van der Waals surface area contributed by atoms with E-state index in [0.29, 0.717) is 5.96 Å². The maximum Gasteiger partial charge on any atom is 0.192 e. The quantitative estimate of drug-likeness (QED) is 0.855. The Labute approximate surface area is 156 Å². The average molecular weight is 400 g/mol. The predicted molar refractivity (Wildman–Crippen MR) is 104 cm³/mol. The van der Waals surface area contributed by atoms with Crippen molar-refractivity contribution >= 4 is 21.9 Å². The van der Waals surface area contributed by atoms with Crippen molar-refractivity contribution in [3.05, 3.63) is 70.2 Å². The van der Waals surface area contributed by atoms with Crippen LogP contribution in [0.15, 0.2) is 64.1 Å². The Balaban J connectivity index is 1.72. The number of guanidine groups is 1. The molecule has 0 bridgehead atoms. The minimum absolute atomic E-state index is 0.253. The van der Waals surface area contributed by atoms with E-state index >= 15 is 0 Å². The molecule has 130 valence electrons. The van der Waals surface area contributed by atoms with E-state index in [1.165, 1.54) is 0 Å². The van der Waals surface area contributed by atoms with E-state index in [1.54, 1.807) is 0 Å². The number of nitrogens with zero attached hydrogens (tertiary/aromatic N) is 2. The van der Waals surface area contributed by atoms with Crippen molar-refractivity contribution in [2.24, 2.45) is 10.7 Å². The number of hydrogen-bond donors (Lipinski definition) is 1. The summed E-state index contributed by atoms with van der Waals surface area (Å²) in [5.74, 6) is 0.597. The molecule has 4 rings (SSSR count). The predicted octanol–water partition coefficient (Wildman–Crippen LogP) is 3.50. The Morgan fingerprint density at radius 2 is 1.96 bits per heavy atom. The SMILES string of the molecule is NC1=NC(c2ccccc2)(c2cccc(Br)c2)CN1CC1CCCO1. The molecule has 2 aromatic rings. The van der Waals surface area contributed by atoms with E-state index in [4.69, 9.17) is 15.5 Å². The molecule has 2 aromatic carbocycles. The molecule has 25 heavy (non-hydrogen) atoms. The summed E-state index contributed by atoms with van der Waals surface area (Å²) in [7, 11) is 0. The van der Waals surface area contributed by atoms with E-state index in [0.717, 1.165) is 48.1 Å². The third-order valence-electron chi connectivity index (χ3n) is 5.05. The van der Waals surface area contributed by atoms with Gasteiger partial charge in [0, 0.05) is 17.6 Å². The molecule has 2 aliphatic heterocycles. The molecule has 2 N–H and O–H groups in total. The molecule has 0 radical (unpaired) electrons. The van der Waals surface area contributed by atoms with Gasteiger partial charge in [0.1, 0.15) is 5.54 Å². The van der Waals surface area contributed by atoms with Crippen LogP contribution in [0.2, 0.25) is 0 Å². The summed E-state index contributed by atoms with van der Waals surface area (Å²) < 4.78 is 6.85. The second-order valence-electron chi connectivity index (χ2n) is 6.72. The summed E-state index contributed by atoms with van der Waals surface area (Å²) in [6, 6.07) is 18.8. The molecular formula is C20H22BrN3O. The van der Waals surface area contributed by atoms with Gasteiger partial charge in [0.15, 0.2) is 5.96 Å². The van der Waals surface area contributed by atoms with E-state index in [9.17, 15) is 0 Å². The number of aliphatic imine (C=N–C) groups is 1. The zero-order valence-corrected chi connectivity index (χ0v) is 15.7. The van der Waals surface area contributed by atoms with Crippen LogP contribution < -0.4 is 5.73 Å². The molecular weight excluding hydrogens is 378 g/mol. The zero-order chi connectivity index (χ0) is 17.3. The second-order valence-corrected chi connectivity index (χ2v) is 7.64. The first-order valence-electron chi connectivity index (χ1n) is 8.71. The molecule has 2 unspecified atom stereocenters. The molecule has 1 fully saturated rings. The number of hydrogen-bond acceptors (Lipinski definition) is 4. The first-order chi connectivity index (χ1) is 12.2. The fourth-order valence-corrected chi connectivity index (χ4v) is 4.19. The number of benzene rings is 2. The van der Waals surface area contributed by atoms with Crippen molar-refractivity contribution in [1.29, 1.82) is 0 Å². The lowest BCUT2D eigenvalue weighted by molar-refractivity contribution is 0.0907. The molecule has 5 heteroatoms. The van der Waals surface area contributed by atoms with Crippen LogP contribution in [-0.2, 0) is 10.3 Å². The average Bonchev–Trinajstić information content (AvgIpc) is 3.25. The van der Waals surface area contributed by atoms with Gasteiger partial charge in [0.2, 0.25) is 0 Å². The van der Waals surface area contributed by atoms with E-state index < -0.39 is 5.54 Å². The Bertz CT molecular complexity index is 774. The van der Waals surface area contributed by atoms with Gasteiger partial charge in [-0.1, -0.05) is 58.4 Å². The van der Waals surface area contributed by atoms with Crippen molar-refractivity contribution in [1.82, 2.24) is 4.90 Å². The molecule has 2 atom stereocenters. The first kappa shape index (κ1) is 16.6. The van der Waals surface area contributed by atoms with Crippen molar-refractivity contribution < 1.29 is 4.74 Å². The van der Waals surface area contributed by atoms with Crippen molar-refractivity contribution in [3.8, 4) is 0 Å². The summed E-state index contributed by atoms with van der Waals surface area (Å²) in [6.07, 6.45) is 2.48. The molecule has 0 amide bonds. The van der Waals surface area contributed by atoms with Gasteiger partial charge in [-0.25, -0.2) is 4.99 Å². The van der Waals surface area contributed by atoms with Crippen LogP contribution >= 0.6 is 15.9 Å². The Kier molecular flexibility index (Phi) is 4.52. The Hall–Kier alpha value is -1.85. The molecule has 0 spiro atoms. The molecule has 0 saturated carbocycles. The molecule has 0 aliphatic carbocycles. The summed E-state index contributed by atoms with van der Waals surface area (Å²) in [6.45, 7) is 2.39. The van der Waals surface area contributed by atoms with Crippen molar-refractivity contribution in [2.45, 2.75) is 24.5 Å². The van der Waals surface area contributed by atoms with Gasteiger partial charge < -0.3 is 15.4 Å². The summed E-state index contributed by atoms with van der Waals surface area (Å²) in [5.41, 5.74) is 8.18. The summed E-state index contributed by atoms with van der Waals surface area (Å²) >= 11 is 3.59. The van der Waals surface area contributed by atoms with E-state index in [-0.39, 0.29) is 6.10 Å². The maximum absolute atomic E-state index is 6.35. The highest BCUT2D eigenvalue weighted by molar-refractivity contribution is 9.10. The lowest BCUT2D eigenvalue weighted by atomic mass is 9.83. The minimum Gasteiger partial charge on any atom is -0.376 e. The zero-order valence-electron chi connectivity index (χ0n) is 14.1. The Morgan fingerprint density at radius 3 is 2.68 bits per heavy atom. The number of ether oxygens (including phenoxy) is 1. The molecule has 0 aromatic heterocycles. The third-order valence-corrected chi connectivity index (χ3v) is 5.54. The van der Waals surface area contributed by atoms with Crippen LogP contribution in [0, 0.1) is 0 Å². The first-order valence-corrected chi connectivity index (χ1v) is 9.50. The molecule has 2 aliphatic rings. The van der Waals surface area contributed by atoms with Crippen LogP contribution in [0.1, 0.15) is 24.0 Å². The van der Waals surface area contributed by atoms with Gasteiger partial charge >= 0.3 is 0 Å². The van der Waals surface area contributed by atoms with Crippen molar-refractivity contribution in [3.63, 3.8) is 0 Å². The third kappa shape index (κ3) is 3.18. The van der Waals surface area contributed by atoms with E-state index in [1.807, 2.05) is 12.1 Å². The van der Waals surface area contributed by atoms with Gasteiger partial charge in [-0.3, -0.25) is 0 Å². The van der Waals surface area contributed by atoms with Crippen LogP contribution in [0.3, 0.4) is 0 Å². The lowest BCUT2D eigenvalue weighted by Crippen LogP contribution is -2.41. The van der Waals surface area contributed by atoms with Gasteiger partial charge in [-0.05, 0) is 36.1 Å². The normalized spacial score (nSPS) is 26.0. The topological polar surface area (TPSA) is 50.8 Å². The number of rotatable bonds is 4. The molecule has 1 saturated heterocycles. The highest BCUT2D eigenvalue weighted by Gasteiger charge is 2.42. The number of nitrogens with two attached hydrogens (primary N) is 1. The van der Waals surface area contributed by atoms with Gasteiger partial charge in [0.25, 0.3) is 0 Å². The fraction of sp³-hybridized carbons (Fsp3) is 0.350. The molecule has 4 nitrogen and oxygen atoms in total.